The molecule has 0 radical (unpaired) electrons. The van der Waals surface area contributed by atoms with Crippen LogP contribution in [0.5, 0.6) is 0 Å². The molecule has 0 atom stereocenters. The molecule has 1 aliphatic heterocycles. The van der Waals surface area contributed by atoms with Crippen molar-refractivity contribution >= 4 is 5.97 Å². The third-order valence-electron chi connectivity index (χ3n) is 1.11. The largest absolute Gasteiger partial charge is 0.575 e. The van der Waals surface area contributed by atoms with Gasteiger partial charge in [0.2, 0.25) is 5.76 Å². The fourth-order valence-electron chi connectivity index (χ4n) is 0.715. The summed E-state index contributed by atoms with van der Waals surface area (Å²) in [6, 6.07) is 0. The summed E-state index contributed by atoms with van der Waals surface area (Å²) in [5.41, 5.74) is 0. The Bertz CT molecular complexity index is 219. The van der Waals surface area contributed by atoms with Crippen LogP contribution in [0.4, 0.5) is 13.2 Å². The number of carbonyl (C=O) groups is 1. The van der Waals surface area contributed by atoms with E-state index in [0.717, 1.165) is 0 Å². The first kappa shape index (κ1) is 8.89. The first-order valence-corrected chi connectivity index (χ1v) is 3.12. The van der Waals surface area contributed by atoms with Crippen LogP contribution in [0.1, 0.15) is 6.42 Å². The van der Waals surface area contributed by atoms with E-state index < -0.39 is 12.3 Å². The molecule has 0 aromatic heterocycles. The molecule has 0 saturated carbocycles. The number of alkyl halides is 3. The Morgan fingerprint density at radius 1 is 1.58 bits per heavy atom. The molecular formula is C6H5F3O3. The van der Waals surface area contributed by atoms with Crippen molar-refractivity contribution in [1.82, 2.24) is 0 Å². The van der Waals surface area contributed by atoms with Crippen molar-refractivity contribution in [3.63, 3.8) is 0 Å². The molecule has 0 amide bonds. The summed E-state index contributed by atoms with van der Waals surface area (Å²) < 4.78 is 41.9. The van der Waals surface area contributed by atoms with Crippen LogP contribution in [-0.4, -0.2) is 18.9 Å². The molecule has 68 valence electrons. The van der Waals surface area contributed by atoms with Crippen molar-refractivity contribution in [1.29, 1.82) is 0 Å². The van der Waals surface area contributed by atoms with Gasteiger partial charge in [-0.1, -0.05) is 0 Å². The zero-order valence-corrected chi connectivity index (χ0v) is 5.85. The zero-order valence-electron chi connectivity index (χ0n) is 5.85. The van der Waals surface area contributed by atoms with Crippen LogP contribution in [0.25, 0.3) is 0 Å². The third-order valence-corrected chi connectivity index (χ3v) is 1.11. The molecule has 0 fully saturated rings. The first-order valence-electron chi connectivity index (χ1n) is 3.12. The lowest BCUT2D eigenvalue weighted by Crippen LogP contribution is -2.20. The Kier molecular flexibility index (Phi) is 2.25. The fourth-order valence-corrected chi connectivity index (χ4v) is 0.715. The zero-order chi connectivity index (χ0) is 9.19. The number of hydrogen-bond donors (Lipinski definition) is 0. The molecule has 0 N–H and O–H groups in total. The molecule has 0 spiro atoms. The maximum absolute atomic E-state index is 11.4. The second-order valence-corrected chi connectivity index (χ2v) is 2.04. The number of carbonyl (C=O) groups excluding carboxylic acids is 1. The molecule has 0 aliphatic carbocycles. The van der Waals surface area contributed by atoms with E-state index in [1.807, 2.05) is 0 Å². The van der Waals surface area contributed by atoms with Crippen LogP contribution >= 0.6 is 0 Å². The molecule has 3 nitrogen and oxygen atoms in total. The van der Waals surface area contributed by atoms with Gasteiger partial charge in [0.15, 0.2) is 0 Å². The van der Waals surface area contributed by atoms with E-state index >= 15 is 0 Å². The summed E-state index contributed by atoms with van der Waals surface area (Å²) in [5, 5.41) is 0. The van der Waals surface area contributed by atoms with Gasteiger partial charge in [-0.2, -0.15) is 0 Å². The van der Waals surface area contributed by atoms with Crippen molar-refractivity contribution in [3.8, 4) is 0 Å². The van der Waals surface area contributed by atoms with Crippen molar-refractivity contribution in [3.05, 3.63) is 11.8 Å². The molecule has 1 aliphatic rings. The molecule has 0 aromatic rings. The molecule has 1 rings (SSSR count). The number of esters is 1. The Morgan fingerprint density at radius 2 is 2.25 bits per heavy atom. The molecule has 1 heterocycles. The topological polar surface area (TPSA) is 35.5 Å². The van der Waals surface area contributed by atoms with Gasteiger partial charge in [-0.15, -0.1) is 13.2 Å². The summed E-state index contributed by atoms with van der Waals surface area (Å²) in [4.78, 5) is 10.5. The van der Waals surface area contributed by atoms with Gasteiger partial charge in [0, 0.05) is 6.42 Å². The summed E-state index contributed by atoms with van der Waals surface area (Å²) >= 11 is 0. The molecule has 12 heavy (non-hydrogen) atoms. The lowest BCUT2D eigenvalue weighted by molar-refractivity contribution is -0.304. The number of halogens is 3. The Hall–Kier alpha value is -1.20. The number of ether oxygens (including phenoxy) is 2. The van der Waals surface area contributed by atoms with Crippen LogP contribution in [0.2, 0.25) is 0 Å². The first-order chi connectivity index (χ1) is 5.49. The quantitative estimate of drug-likeness (QED) is 0.574. The van der Waals surface area contributed by atoms with Crippen LogP contribution < -0.4 is 0 Å². The summed E-state index contributed by atoms with van der Waals surface area (Å²) in [7, 11) is 0. The van der Waals surface area contributed by atoms with Crippen molar-refractivity contribution in [2.45, 2.75) is 12.8 Å². The van der Waals surface area contributed by atoms with Crippen LogP contribution in [0.15, 0.2) is 11.8 Å². The predicted octanol–water partition coefficient (Wildman–Crippen LogP) is 1.35. The van der Waals surface area contributed by atoms with Gasteiger partial charge < -0.3 is 9.47 Å². The monoisotopic (exact) mass is 182 g/mol. The van der Waals surface area contributed by atoms with Gasteiger partial charge in [-0.3, -0.25) is 0 Å². The Balaban J connectivity index is 2.49. The highest BCUT2D eigenvalue weighted by molar-refractivity contribution is 5.86. The molecular weight excluding hydrogens is 177 g/mol. The van der Waals surface area contributed by atoms with Gasteiger partial charge in [0.05, 0.1) is 6.61 Å². The van der Waals surface area contributed by atoms with Gasteiger partial charge >= 0.3 is 12.3 Å². The summed E-state index contributed by atoms with van der Waals surface area (Å²) in [5.74, 6) is -1.85. The molecule has 0 saturated heterocycles. The molecule has 0 aromatic carbocycles. The van der Waals surface area contributed by atoms with Crippen LogP contribution in [-0.2, 0) is 14.3 Å². The second kappa shape index (κ2) is 3.04. The van der Waals surface area contributed by atoms with Crippen molar-refractivity contribution in [2.75, 3.05) is 6.61 Å². The normalized spacial score (nSPS) is 16.8. The average molecular weight is 182 g/mol. The van der Waals surface area contributed by atoms with E-state index in [1.54, 1.807) is 0 Å². The van der Waals surface area contributed by atoms with Crippen molar-refractivity contribution < 1.29 is 27.4 Å². The van der Waals surface area contributed by atoms with Gasteiger partial charge in [-0.25, -0.2) is 4.79 Å². The number of rotatable bonds is 1. The fraction of sp³-hybridized carbons (Fsp3) is 0.500. The van der Waals surface area contributed by atoms with Crippen LogP contribution in [0.3, 0.4) is 0 Å². The highest BCUT2D eigenvalue weighted by Crippen LogP contribution is 2.20. The van der Waals surface area contributed by atoms with E-state index in [1.165, 1.54) is 6.08 Å². The van der Waals surface area contributed by atoms with Gasteiger partial charge in [-0.05, 0) is 6.08 Å². The van der Waals surface area contributed by atoms with E-state index in [2.05, 4.69) is 9.47 Å². The van der Waals surface area contributed by atoms with Gasteiger partial charge in [0.1, 0.15) is 0 Å². The predicted molar refractivity (Wildman–Crippen MR) is 30.8 cm³/mol. The Labute approximate surface area is 65.8 Å². The standard InChI is InChI=1S/C6H5F3O3/c7-6(8,9)12-5(10)4-2-1-3-11-4/h2H,1,3H2. The lowest BCUT2D eigenvalue weighted by atomic mass is 10.4. The third kappa shape index (κ3) is 2.44. The van der Waals surface area contributed by atoms with Crippen molar-refractivity contribution in [2.24, 2.45) is 0 Å². The van der Waals surface area contributed by atoms with E-state index in [4.69, 9.17) is 0 Å². The minimum atomic E-state index is -4.94. The summed E-state index contributed by atoms with van der Waals surface area (Å²) in [6.45, 7) is 0.224. The minimum Gasteiger partial charge on any atom is -0.486 e. The maximum atomic E-state index is 11.4. The van der Waals surface area contributed by atoms with E-state index in [0.29, 0.717) is 6.42 Å². The molecule has 6 heteroatoms. The molecule has 0 unspecified atom stereocenters. The van der Waals surface area contributed by atoms with E-state index in [-0.39, 0.29) is 12.4 Å². The van der Waals surface area contributed by atoms with Gasteiger partial charge in [0.25, 0.3) is 0 Å². The maximum Gasteiger partial charge on any atom is 0.575 e. The highest BCUT2D eigenvalue weighted by Gasteiger charge is 2.36. The SMILES string of the molecule is O=C(OC(F)(F)F)C1=CCCO1. The Morgan fingerprint density at radius 3 is 2.67 bits per heavy atom. The smallest absolute Gasteiger partial charge is 0.486 e. The summed E-state index contributed by atoms with van der Waals surface area (Å²) in [6.07, 6.45) is -3.25. The van der Waals surface area contributed by atoms with E-state index in [9.17, 15) is 18.0 Å². The minimum absolute atomic E-state index is 0.224. The number of hydrogen-bond acceptors (Lipinski definition) is 3. The average Bonchev–Trinajstić information content (AvgIpc) is 2.32. The van der Waals surface area contributed by atoms with Crippen LogP contribution in [0, 0.1) is 0 Å². The lowest BCUT2D eigenvalue weighted by Gasteiger charge is -2.06. The molecule has 0 bridgehead atoms. The highest BCUT2D eigenvalue weighted by atomic mass is 19.4. The second-order valence-electron chi connectivity index (χ2n) is 2.04.